The van der Waals surface area contributed by atoms with Crippen LogP contribution in [-0.2, 0) is 0 Å². The van der Waals surface area contributed by atoms with Crippen LogP contribution >= 0.6 is 0 Å². The molecule has 1 heterocycles. The second kappa shape index (κ2) is 4.17. The van der Waals surface area contributed by atoms with Gasteiger partial charge in [0.15, 0.2) is 0 Å². The van der Waals surface area contributed by atoms with E-state index in [4.69, 9.17) is 0 Å². The molecule has 0 unspecified atom stereocenters. The Morgan fingerprint density at radius 2 is 2.20 bits per heavy atom. The highest BCUT2D eigenvalue weighted by molar-refractivity contribution is 5.74. The molecule has 0 amide bonds. The van der Waals surface area contributed by atoms with Crippen LogP contribution in [0.1, 0.15) is 0 Å². The molecule has 0 N–H and O–H groups in total. The molecule has 2 rings (SSSR count). The van der Waals surface area contributed by atoms with E-state index < -0.39 is 0 Å². The minimum atomic E-state index is 0.702. The van der Waals surface area contributed by atoms with E-state index in [-0.39, 0.29) is 0 Å². The molecule has 78 valence electrons. The largest absolute Gasteiger partial charge is 0.378 e. The Hall–Kier alpha value is -1.77. The molecule has 0 aliphatic carbocycles. The van der Waals surface area contributed by atoms with Gasteiger partial charge in [-0.15, -0.1) is 0 Å². The first-order valence-corrected chi connectivity index (χ1v) is 4.98. The molecule has 0 saturated heterocycles. The molecule has 0 fully saturated rings. The van der Waals surface area contributed by atoms with Gasteiger partial charge in [-0.25, -0.2) is 0 Å². The van der Waals surface area contributed by atoms with Crippen LogP contribution < -0.4 is 9.80 Å². The highest BCUT2D eigenvalue weighted by Crippen LogP contribution is 2.21. The average Bonchev–Trinajstić information content (AvgIpc) is 2.30. The smallest absolute Gasteiger partial charge is 0.114 e. The molecule has 0 aromatic heterocycles. The van der Waals surface area contributed by atoms with E-state index in [2.05, 4.69) is 39.1 Å². The molecule has 3 nitrogen and oxygen atoms in total. The summed E-state index contributed by atoms with van der Waals surface area (Å²) in [5, 5.41) is 0. The maximum absolute atomic E-state index is 4.21. The number of hydrogen-bond acceptors (Lipinski definition) is 3. The molecular formula is C12H15N3. The number of nitrogens with zero attached hydrogens (tertiary/aromatic N) is 3. The fourth-order valence-corrected chi connectivity index (χ4v) is 1.50. The van der Waals surface area contributed by atoms with Crippen molar-refractivity contribution in [3.05, 3.63) is 36.5 Å². The molecule has 3 heteroatoms. The molecule has 0 atom stereocenters. The molecular weight excluding hydrogens is 186 g/mol. The van der Waals surface area contributed by atoms with Crippen molar-refractivity contribution in [2.45, 2.75) is 0 Å². The normalized spacial score (nSPS) is 14.4. The summed E-state index contributed by atoms with van der Waals surface area (Å²) in [5.74, 6) is 0. The summed E-state index contributed by atoms with van der Waals surface area (Å²) in [5.41, 5.74) is 2.38. The zero-order chi connectivity index (χ0) is 10.7. The predicted molar refractivity (Wildman–Crippen MR) is 65.7 cm³/mol. The summed E-state index contributed by atoms with van der Waals surface area (Å²) in [6, 6.07) is 8.42. The van der Waals surface area contributed by atoms with Crippen molar-refractivity contribution in [3.8, 4) is 0 Å². The van der Waals surface area contributed by atoms with E-state index in [1.807, 2.05) is 32.6 Å². The Labute approximate surface area is 90.3 Å². The minimum absolute atomic E-state index is 0.702. The van der Waals surface area contributed by atoms with Crippen molar-refractivity contribution in [3.63, 3.8) is 0 Å². The lowest BCUT2D eigenvalue weighted by Gasteiger charge is -2.22. The lowest BCUT2D eigenvalue weighted by molar-refractivity contribution is 0.968. The van der Waals surface area contributed by atoms with E-state index in [9.17, 15) is 0 Å². The molecule has 1 aromatic carbocycles. The van der Waals surface area contributed by atoms with Gasteiger partial charge in [-0.1, -0.05) is 6.07 Å². The third-order valence-electron chi connectivity index (χ3n) is 2.37. The predicted octanol–water partition coefficient (Wildman–Crippen LogP) is 2.11. The number of aliphatic imine (C=N–C) groups is 1. The maximum Gasteiger partial charge on any atom is 0.114 e. The first-order chi connectivity index (χ1) is 7.27. The van der Waals surface area contributed by atoms with Gasteiger partial charge >= 0.3 is 0 Å². The van der Waals surface area contributed by atoms with Gasteiger partial charge in [0.25, 0.3) is 0 Å². The van der Waals surface area contributed by atoms with Gasteiger partial charge < -0.3 is 9.80 Å². The first kappa shape index (κ1) is 9.77. The number of allylic oxidation sites excluding steroid dienone is 1. The fraction of sp³-hybridized carbons (Fsp3) is 0.250. The summed E-state index contributed by atoms with van der Waals surface area (Å²) in [4.78, 5) is 8.43. The van der Waals surface area contributed by atoms with Crippen LogP contribution in [0.2, 0.25) is 0 Å². The van der Waals surface area contributed by atoms with Gasteiger partial charge in [-0.05, 0) is 24.3 Å². The lowest BCUT2D eigenvalue weighted by Crippen LogP contribution is -2.18. The quantitative estimate of drug-likeness (QED) is 0.729. The number of rotatable bonds is 2. The SMILES string of the molecule is CN(C)c1cccc(N2C=CC=NC2)c1. The van der Waals surface area contributed by atoms with Crippen LogP contribution in [0.3, 0.4) is 0 Å². The van der Waals surface area contributed by atoms with Crippen molar-refractivity contribution in [1.82, 2.24) is 0 Å². The maximum atomic E-state index is 4.21. The van der Waals surface area contributed by atoms with Gasteiger partial charge in [-0.2, -0.15) is 0 Å². The molecule has 0 bridgehead atoms. The second-order valence-corrected chi connectivity index (χ2v) is 3.70. The Bertz CT molecular complexity index is 394. The standard InChI is InChI=1S/C12H15N3/c1-14(2)11-5-3-6-12(9-11)15-8-4-7-13-10-15/h3-9H,10H2,1-2H3. The summed E-state index contributed by atoms with van der Waals surface area (Å²) >= 11 is 0. The Kier molecular flexibility index (Phi) is 2.72. The topological polar surface area (TPSA) is 18.8 Å². The Morgan fingerprint density at radius 1 is 1.33 bits per heavy atom. The zero-order valence-electron chi connectivity index (χ0n) is 9.09. The number of benzene rings is 1. The molecule has 1 aliphatic rings. The van der Waals surface area contributed by atoms with Gasteiger partial charge in [0.2, 0.25) is 0 Å². The number of hydrogen-bond donors (Lipinski definition) is 0. The summed E-state index contributed by atoms with van der Waals surface area (Å²) in [7, 11) is 4.09. The highest BCUT2D eigenvalue weighted by Gasteiger charge is 2.05. The van der Waals surface area contributed by atoms with Crippen LogP contribution in [-0.4, -0.2) is 27.0 Å². The van der Waals surface area contributed by atoms with Crippen LogP contribution in [0.4, 0.5) is 11.4 Å². The minimum Gasteiger partial charge on any atom is -0.378 e. The molecule has 0 radical (unpaired) electrons. The summed E-state index contributed by atoms with van der Waals surface area (Å²) < 4.78 is 0. The van der Waals surface area contributed by atoms with E-state index in [1.54, 1.807) is 0 Å². The van der Waals surface area contributed by atoms with E-state index in [0.717, 1.165) is 0 Å². The van der Waals surface area contributed by atoms with E-state index >= 15 is 0 Å². The van der Waals surface area contributed by atoms with Crippen molar-refractivity contribution >= 4 is 17.6 Å². The molecule has 1 aliphatic heterocycles. The fourth-order valence-electron chi connectivity index (χ4n) is 1.50. The second-order valence-electron chi connectivity index (χ2n) is 3.70. The van der Waals surface area contributed by atoms with E-state index in [0.29, 0.717) is 6.67 Å². The number of anilines is 2. The van der Waals surface area contributed by atoms with Crippen molar-refractivity contribution in [2.75, 3.05) is 30.6 Å². The summed E-state index contributed by atoms with van der Waals surface area (Å²) in [6.45, 7) is 0.702. The third-order valence-corrected chi connectivity index (χ3v) is 2.37. The van der Waals surface area contributed by atoms with Crippen molar-refractivity contribution in [1.29, 1.82) is 0 Å². The van der Waals surface area contributed by atoms with Gasteiger partial charge in [0.1, 0.15) is 6.67 Å². The van der Waals surface area contributed by atoms with Crippen LogP contribution in [0, 0.1) is 0 Å². The van der Waals surface area contributed by atoms with Crippen molar-refractivity contribution < 1.29 is 0 Å². The van der Waals surface area contributed by atoms with Gasteiger partial charge in [0, 0.05) is 37.9 Å². The zero-order valence-corrected chi connectivity index (χ0v) is 9.09. The Balaban J connectivity index is 2.24. The first-order valence-electron chi connectivity index (χ1n) is 4.98. The van der Waals surface area contributed by atoms with E-state index in [1.165, 1.54) is 11.4 Å². The third kappa shape index (κ3) is 2.18. The van der Waals surface area contributed by atoms with Gasteiger partial charge in [-0.3, -0.25) is 4.99 Å². The summed E-state index contributed by atoms with van der Waals surface area (Å²) in [6.07, 6.45) is 5.82. The van der Waals surface area contributed by atoms with Gasteiger partial charge in [0.05, 0.1) is 0 Å². The average molecular weight is 201 g/mol. The molecule has 0 saturated carbocycles. The monoisotopic (exact) mass is 201 g/mol. The highest BCUT2D eigenvalue weighted by atomic mass is 15.2. The lowest BCUT2D eigenvalue weighted by atomic mass is 10.2. The van der Waals surface area contributed by atoms with Crippen molar-refractivity contribution in [2.24, 2.45) is 4.99 Å². The van der Waals surface area contributed by atoms with Crippen LogP contribution in [0.15, 0.2) is 41.5 Å². The molecule has 15 heavy (non-hydrogen) atoms. The molecule has 0 spiro atoms. The van der Waals surface area contributed by atoms with Crippen LogP contribution in [0.25, 0.3) is 0 Å². The Morgan fingerprint density at radius 3 is 2.87 bits per heavy atom. The van der Waals surface area contributed by atoms with Crippen LogP contribution in [0.5, 0.6) is 0 Å². The molecule has 1 aromatic rings.